The minimum absolute atomic E-state index is 0.120. The predicted molar refractivity (Wildman–Crippen MR) is 122 cm³/mol. The molecular weight excluding hydrogens is 392 g/mol. The summed E-state index contributed by atoms with van der Waals surface area (Å²) in [6, 6.07) is 12.9. The van der Waals surface area contributed by atoms with Crippen molar-refractivity contribution in [2.45, 2.75) is 45.4 Å². The van der Waals surface area contributed by atoms with Gasteiger partial charge in [-0.3, -0.25) is 9.59 Å². The van der Waals surface area contributed by atoms with Crippen molar-refractivity contribution in [2.24, 2.45) is 0 Å². The molecule has 1 aliphatic carbocycles. The van der Waals surface area contributed by atoms with E-state index in [1.807, 2.05) is 57.2 Å². The lowest BCUT2D eigenvalue weighted by molar-refractivity contribution is -0.122. The highest BCUT2D eigenvalue weighted by Gasteiger charge is 2.48. The smallest absolute Gasteiger partial charge is 0.196 e. The monoisotopic (exact) mass is 418 g/mol. The van der Waals surface area contributed by atoms with Crippen LogP contribution in [-0.2, 0) is 10.2 Å². The van der Waals surface area contributed by atoms with Gasteiger partial charge in [0.15, 0.2) is 11.2 Å². The van der Waals surface area contributed by atoms with Crippen LogP contribution in [0.15, 0.2) is 57.2 Å². The molecule has 0 amide bonds. The summed E-state index contributed by atoms with van der Waals surface area (Å²) in [6.07, 6.45) is 1.33. The van der Waals surface area contributed by atoms with Crippen molar-refractivity contribution in [3.8, 4) is 17.1 Å². The summed E-state index contributed by atoms with van der Waals surface area (Å²) in [7, 11) is 1.63. The third-order valence-electron chi connectivity index (χ3n) is 6.51. The summed E-state index contributed by atoms with van der Waals surface area (Å²) in [5, 5.41) is 12.7. The zero-order chi connectivity index (χ0) is 22.3. The highest BCUT2D eigenvalue weighted by Crippen LogP contribution is 2.44. The third kappa shape index (κ3) is 3.07. The standard InChI is InChI=1S/C26H26O5/c1-5-19-23(28)22-20(27)14-21(31-25(22)26(6-2,7-3)24(19)29)17-9-8-16-13-18(30-4)11-10-15(16)12-17/h8-14,28H,5-7H2,1-4H3. The molecular formula is C26H26O5. The molecule has 0 unspecified atom stereocenters. The molecule has 1 heterocycles. The van der Waals surface area contributed by atoms with E-state index in [-0.39, 0.29) is 28.3 Å². The topological polar surface area (TPSA) is 76.7 Å². The van der Waals surface area contributed by atoms with Gasteiger partial charge in [-0.2, -0.15) is 0 Å². The number of Topliss-reactive ketones (excluding diaryl/α,β-unsaturated/α-hetero) is 1. The Balaban J connectivity index is 1.96. The van der Waals surface area contributed by atoms with Gasteiger partial charge < -0.3 is 14.3 Å². The molecule has 31 heavy (non-hydrogen) atoms. The maximum Gasteiger partial charge on any atom is 0.196 e. The minimum Gasteiger partial charge on any atom is -0.507 e. The summed E-state index contributed by atoms with van der Waals surface area (Å²) in [5.41, 5.74) is -0.138. The number of methoxy groups -OCH3 is 1. The van der Waals surface area contributed by atoms with Crippen LogP contribution in [0.4, 0.5) is 0 Å². The molecule has 0 saturated carbocycles. The number of aliphatic hydroxyl groups is 1. The van der Waals surface area contributed by atoms with E-state index in [9.17, 15) is 14.7 Å². The minimum atomic E-state index is -0.952. The van der Waals surface area contributed by atoms with Gasteiger partial charge in [0.2, 0.25) is 0 Å². The fourth-order valence-corrected chi connectivity index (χ4v) is 4.57. The maximum absolute atomic E-state index is 13.3. The summed E-state index contributed by atoms with van der Waals surface area (Å²) in [5.74, 6) is 1.02. The molecule has 0 fully saturated rings. The molecule has 0 radical (unpaired) electrons. The van der Waals surface area contributed by atoms with Gasteiger partial charge in [-0.15, -0.1) is 0 Å². The van der Waals surface area contributed by atoms with Gasteiger partial charge in [-0.05, 0) is 48.2 Å². The second kappa shape index (κ2) is 7.73. The number of hydrogen-bond acceptors (Lipinski definition) is 5. The molecule has 0 spiro atoms. The molecule has 160 valence electrons. The van der Waals surface area contributed by atoms with Gasteiger partial charge in [0.1, 0.15) is 28.6 Å². The first-order valence-corrected chi connectivity index (χ1v) is 10.6. The van der Waals surface area contributed by atoms with Gasteiger partial charge in [-0.25, -0.2) is 0 Å². The highest BCUT2D eigenvalue weighted by atomic mass is 16.5. The summed E-state index contributed by atoms with van der Waals surface area (Å²) in [6.45, 7) is 5.64. The van der Waals surface area contributed by atoms with Gasteiger partial charge in [0.25, 0.3) is 0 Å². The van der Waals surface area contributed by atoms with Gasteiger partial charge >= 0.3 is 0 Å². The zero-order valence-corrected chi connectivity index (χ0v) is 18.2. The van der Waals surface area contributed by atoms with Crippen molar-refractivity contribution >= 4 is 22.3 Å². The van der Waals surface area contributed by atoms with Crippen molar-refractivity contribution in [2.75, 3.05) is 7.11 Å². The Morgan fingerprint density at radius 1 is 0.968 bits per heavy atom. The molecule has 4 rings (SSSR count). The Hall–Kier alpha value is -3.34. The van der Waals surface area contributed by atoms with E-state index in [0.717, 1.165) is 22.1 Å². The van der Waals surface area contributed by atoms with E-state index in [1.165, 1.54) is 6.07 Å². The normalized spacial score (nSPS) is 15.3. The molecule has 5 heteroatoms. The summed E-state index contributed by atoms with van der Waals surface area (Å²) in [4.78, 5) is 26.4. The van der Waals surface area contributed by atoms with Gasteiger partial charge in [0.05, 0.1) is 12.5 Å². The third-order valence-corrected chi connectivity index (χ3v) is 6.51. The lowest BCUT2D eigenvalue weighted by atomic mass is 9.68. The number of ketones is 1. The molecule has 0 saturated heterocycles. The zero-order valence-electron chi connectivity index (χ0n) is 18.2. The Morgan fingerprint density at radius 2 is 1.65 bits per heavy atom. The fourth-order valence-electron chi connectivity index (χ4n) is 4.57. The second-order valence-electron chi connectivity index (χ2n) is 7.91. The van der Waals surface area contributed by atoms with Crippen molar-refractivity contribution in [1.82, 2.24) is 0 Å². The predicted octanol–water partition coefficient (Wildman–Crippen LogP) is 5.79. The lowest BCUT2D eigenvalue weighted by Gasteiger charge is -2.35. The van der Waals surface area contributed by atoms with Crippen LogP contribution >= 0.6 is 0 Å². The van der Waals surface area contributed by atoms with Crippen LogP contribution in [0.1, 0.15) is 51.4 Å². The number of hydrogen-bond donors (Lipinski definition) is 1. The SMILES string of the molecule is CCC1=C(O)c2c(oc(-c3ccc4cc(OC)ccc4c3)cc2=O)C(CC)(CC)C1=O. The number of carbonyl (C=O) groups is 1. The first-order chi connectivity index (χ1) is 14.9. The molecule has 2 aromatic carbocycles. The number of aliphatic hydroxyl groups excluding tert-OH is 1. The molecule has 0 atom stereocenters. The molecule has 1 aliphatic rings. The molecule has 3 aromatic rings. The lowest BCUT2D eigenvalue weighted by Crippen LogP contribution is -2.41. The Labute approximate surface area is 181 Å². The quantitative estimate of drug-likeness (QED) is 0.568. The first kappa shape index (κ1) is 20.9. The van der Waals surface area contributed by atoms with Crippen molar-refractivity contribution in [3.63, 3.8) is 0 Å². The number of fused-ring (bicyclic) bond motifs is 2. The van der Waals surface area contributed by atoms with Crippen LogP contribution in [0.2, 0.25) is 0 Å². The average Bonchev–Trinajstić information content (AvgIpc) is 2.79. The number of ether oxygens (including phenoxy) is 1. The van der Waals surface area contributed by atoms with Crippen LogP contribution < -0.4 is 10.2 Å². The van der Waals surface area contributed by atoms with E-state index in [0.29, 0.717) is 30.6 Å². The van der Waals surface area contributed by atoms with E-state index in [2.05, 4.69) is 0 Å². The van der Waals surface area contributed by atoms with Gasteiger partial charge in [0, 0.05) is 17.2 Å². The van der Waals surface area contributed by atoms with Crippen LogP contribution in [-0.4, -0.2) is 18.0 Å². The molecule has 5 nitrogen and oxygen atoms in total. The largest absolute Gasteiger partial charge is 0.507 e. The van der Waals surface area contributed by atoms with E-state index >= 15 is 0 Å². The van der Waals surface area contributed by atoms with Crippen molar-refractivity contribution in [1.29, 1.82) is 0 Å². The second-order valence-corrected chi connectivity index (χ2v) is 7.91. The molecule has 0 bridgehead atoms. The molecule has 1 aromatic heterocycles. The Kier molecular flexibility index (Phi) is 5.21. The van der Waals surface area contributed by atoms with Crippen molar-refractivity contribution in [3.05, 3.63) is 69.6 Å². The van der Waals surface area contributed by atoms with Crippen LogP contribution in [0.25, 0.3) is 27.9 Å². The van der Waals surface area contributed by atoms with E-state index in [1.54, 1.807) is 7.11 Å². The van der Waals surface area contributed by atoms with Gasteiger partial charge in [-0.1, -0.05) is 39.0 Å². The number of benzene rings is 2. The number of rotatable bonds is 5. The highest BCUT2D eigenvalue weighted by molar-refractivity contribution is 6.10. The summed E-state index contributed by atoms with van der Waals surface area (Å²) >= 11 is 0. The Bertz CT molecular complexity index is 1270. The first-order valence-electron chi connectivity index (χ1n) is 10.6. The fraction of sp³-hybridized carbons (Fsp3) is 0.308. The Morgan fingerprint density at radius 3 is 2.29 bits per heavy atom. The van der Waals surface area contributed by atoms with Crippen LogP contribution in [0.3, 0.4) is 0 Å². The molecule has 0 aliphatic heterocycles. The number of carbonyl (C=O) groups excluding carboxylic acids is 1. The summed E-state index contributed by atoms with van der Waals surface area (Å²) < 4.78 is 11.5. The molecule has 1 N–H and O–H groups in total. The average molecular weight is 418 g/mol. The van der Waals surface area contributed by atoms with E-state index < -0.39 is 5.41 Å². The van der Waals surface area contributed by atoms with Crippen LogP contribution in [0.5, 0.6) is 5.75 Å². The maximum atomic E-state index is 13.3. The van der Waals surface area contributed by atoms with E-state index in [4.69, 9.17) is 9.15 Å². The number of allylic oxidation sites excluding steroid dienone is 1. The van der Waals surface area contributed by atoms with Crippen molar-refractivity contribution < 1.29 is 19.1 Å². The van der Waals surface area contributed by atoms with Crippen LogP contribution in [0, 0.1) is 0 Å².